The Morgan fingerprint density at radius 1 is 1.48 bits per heavy atom. The number of rotatable bonds is 5. The summed E-state index contributed by atoms with van der Waals surface area (Å²) in [4.78, 5) is 13.4. The van der Waals surface area contributed by atoms with Crippen LogP contribution in [0, 0.1) is 6.92 Å². The smallest absolute Gasteiger partial charge is 0.260 e. The van der Waals surface area contributed by atoms with Crippen molar-refractivity contribution >= 4 is 31.9 Å². The van der Waals surface area contributed by atoms with Gasteiger partial charge in [-0.25, -0.2) is 13.6 Å². The number of carbonyl (C=O) groups excluding carboxylic acids is 1. The van der Waals surface area contributed by atoms with E-state index < -0.39 is 10.0 Å². The molecule has 1 aromatic carbocycles. The van der Waals surface area contributed by atoms with Gasteiger partial charge in [-0.1, -0.05) is 15.9 Å². The summed E-state index contributed by atoms with van der Waals surface area (Å²) in [6.45, 7) is 1.49. The van der Waals surface area contributed by atoms with Crippen molar-refractivity contribution in [1.29, 1.82) is 0 Å². The first kappa shape index (κ1) is 16.3. The van der Waals surface area contributed by atoms with Gasteiger partial charge < -0.3 is 9.64 Å². The quantitative estimate of drug-likeness (QED) is 0.840. The van der Waals surface area contributed by atoms with Crippen molar-refractivity contribution in [2.24, 2.45) is 5.14 Å². The van der Waals surface area contributed by atoms with Gasteiger partial charge in [0.05, 0.1) is 0 Å². The predicted molar refractivity (Wildman–Crippen MR) is 81.5 cm³/mol. The summed E-state index contributed by atoms with van der Waals surface area (Å²) < 4.78 is 29.3. The van der Waals surface area contributed by atoms with Crippen molar-refractivity contribution < 1.29 is 17.9 Å². The Kier molecular flexibility index (Phi) is 4.60. The Morgan fingerprint density at radius 3 is 2.62 bits per heavy atom. The molecular formula is C13H17BrN2O4S. The number of likely N-dealkylation sites (N-methyl/N-ethyl adjacent to an activating group) is 1. The fraction of sp³-hybridized carbons (Fsp3) is 0.462. The molecule has 0 aromatic heterocycles. The second-order valence-corrected chi connectivity index (χ2v) is 7.56. The second-order valence-electron chi connectivity index (χ2n) is 5.12. The highest BCUT2D eigenvalue weighted by Crippen LogP contribution is 2.31. The maximum absolute atomic E-state index is 11.9. The van der Waals surface area contributed by atoms with Crippen LogP contribution in [0.5, 0.6) is 5.75 Å². The summed E-state index contributed by atoms with van der Waals surface area (Å²) >= 11 is 3.22. The summed E-state index contributed by atoms with van der Waals surface area (Å²) in [7, 11) is -2.21. The molecule has 1 amide bonds. The van der Waals surface area contributed by atoms with Gasteiger partial charge in [-0.3, -0.25) is 4.79 Å². The zero-order valence-electron chi connectivity index (χ0n) is 11.8. The van der Waals surface area contributed by atoms with Crippen molar-refractivity contribution in [2.45, 2.75) is 30.7 Å². The molecule has 1 aliphatic carbocycles. The number of nitrogens with zero attached hydrogens (tertiary/aromatic N) is 1. The van der Waals surface area contributed by atoms with Crippen molar-refractivity contribution in [2.75, 3.05) is 13.7 Å². The number of nitrogens with two attached hydrogens (primary N) is 1. The lowest BCUT2D eigenvalue weighted by atomic mass is 10.2. The number of aryl methyl sites for hydroxylation is 1. The minimum absolute atomic E-state index is 0.123. The highest BCUT2D eigenvalue weighted by Gasteiger charge is 2.30. The number of amides is 1. The molecule has 116 valence electrons. The van der Waals surface area contributed by atoms with Gasteiger partial charge in [-0.05, 0) is 37.5 Å². The normalized spacial score (nSPS) is 14.9. The molecule has 2 rings (SSSR count). The van der Waals surface area contributed by atoms with Crippen LogP contribution in [0.2, 0.25) is 0 Å². The lowest BCUT2D eigenvalue weighted by molar-refractivity contribution is -0.132. The molecule has 21 heavy (non-hydrogen) atoms. The molecule has 1 aliphatic rings. The van der Waals surface area contributed by atoms with Crippen molar-refractivity contribution in [1.82, 2.24) is 4.90 Å². The Hall–Kier alpha value is -1.12. The van der Waals surface area contributed by atoms with Crippen LogP contribution in [-0.4, -0.2) is 38.9 Å². The highest BCUT2D eigenvalue weighted by molar-refractivity contribution is 9.10. The number of halogens is 1. The van der Waals surface area contributed by atoms with Gasteiger partial charge in [0.15, 0.2) is 6.61 Å². The number of ether oxygens (including phenoxy) is 1. The average molecular weight is 377 g/mol. The number of hydrogen-bond donors (Lipinski definition) is 1. The summed E-state index contributed by atoms with van der Waals surface area (Å²) in [6, 6.07) is 3.36. The van der Waals surface area contributed by atoms with Crippen LogP contribution in [0.4, 0.5) is 0 Å². The van der Waals surface area contributed by atoms with E-state index in [0.717, 1.165) is 12.8 Å². The van der Waals surface area contributed by atoms with Crippen LogP contribution in [0.1, 0.15) is 18.4 Å². The fourth-order valence-corrected chi connectivity index (χ4v) is 3.49. The second kappa shape index (κ2) is 5.94. The molecule has 0 aliphatic heterocycles. The van der Waals surface area contributed by atoms with E-state index in [2.05, 4.69) is 15.9 Å². The molecule has 0 spiro atoms. The molecular weight excluding hydrogens is 360 g/mol. The average Bonchev–Trinajstić information content (AvgIpc) is 3.18. The first-order valence-electron chi connectivity index (χ1n) is 6.41. The van der Waals surface area contributed by atoms with Crippen LogP contribution in [0.3, 0.4) is 0 Å². The first-order chi connectivity index (χ1) is 9.70. The van der Waals surface area contributed by atoms with Gasteiger partial charge in [0.25, 0.3) is 5.91 Å². The zero-order valence-corrected chi connectivity index (χ0v) is 14.2. The van der Waals surface area contributed by atoms with Crippen molar-refractivity contribution in [3.8, 4) is 5.75 Å². The van der Waals surface area contributed by atoms with Crippen molar-refractivity contribution in [3.05, 3.63) is 22.2 Å². The monoisotopic (exact) mass is 376 g/mol. The number of primary sulfonamides is 1. The van der Waals surface area contributed by atoms with Crippen LogP contribution in [0.15, 0.2) is 21.5 Å². The maximum atomic E-state index is 11.9. The van der Waals surface area contributed by atoms with Gasteiger partial charge in [0.1, 0.15) is 10.6 Å². The number of sulfonamides is 1. The van der Waals surface area contributed by atoms with E-state index in [4.69, 9.17) is 9.88 Å². The molecule has 0 bridgehead atoms. The molecule has 0 radical (unpaired) electrons. The van der Waals surface area contributed by atoms with Crippen LogP contribution in [-0.2, 0) is 14.8 Å². The maximum Gasteiger partial charge on any atom is 0.260 e. The lowest BCUT2D eigenvalue weighted by Crippen LogP contribution is -2.33. The van der Waals surface area contributed by atoms with Crippen LogP contribution < -0.4 is 9.88 Å². The summed E-state index contributed by atoms with van der Waals surface area (Å²) in [6.07, 6.45) is 2.00. The van der Waals surface area contributed by atoms with E-state index >= 15 is 0 Å². The minimum atomic E-state index is -3.93. The molecule has 1 fully saturated rings. The number of carbonyl (C=O) groups is 1. The van der Waals surface area contributed by atoms with Crippen LogP contribution in [0.25, 0.3) is 0 Å². The van der Waals surface area contributed by atoms with Gasteiger partial charge in [-0.15, -0.1) is 0 Å². The van der Waals surface area contributed by atoms with E-state index in [-0.39, 0.29) is 29.2 Å². The molecule has 8 heteroatoms. The molecule has 0 atom stereocenters. The Balaban J connectivity index is 2.21. The third-order valence-corrected chi connectivity index (χ3v) is 4.71. The van der Waals surface area contributed by atoms with Gasteiger partial charge >= 0.3 is 0 Å². The number of hydrogen-bond acceptors (Lipinski definition) is 4. The fourth-order valence-electron chi connectivity index (χ4n) is 2.00. The third kappa shape index (κ3) is 3.96. The van der Waals surface area contributed by atoms with E-state index in [1.807, 2.05) is 0 Å². The van der Waals surface area contributed by atoms with Gasteiger partial charge in [-0.2, -0.15) is 0 Å². The Bertz CT molecular complexity index is 671. The number of benzene rings is 1. The Labute approximate surface area is 132 Å². The van der Waals surface area contributed by atoms with E-state index in [0.29, 0.717) is 10.0 Å². The van der Waals surface area contributed by atoms with Crippen LogP contribution >= 0.6 is 15.9 Å². The summed E-state index contributed by atoms with van der Waals surface area (Å²) in [5.74, 6) is -0.0570. The van der Waals surface area contributed by atoms with E-state index in [1.165, 1.54) is 6.07 Å². The summed E-state index contributed by atoms with van der Waals surface area (Å²) in [5.41, 5.74) is 0.593. The van der Waals surface area contributed by atoms with Gasteiger partial charge in [0, 0.05) is 17.6 Å². The standard InChI is InChI=1S/C13H17BrN2O4S/c1-8-5-9(14)6-11(21(15,18)19)13(8)20-7-12(17)16(2)10-3-4-10/h5-6,10H,3-4,7H2,1-2H3,(H2,15,18,19). The Morgan fingerprint density at radius 2 is 2.10 bits per heavy atom. The zero-order chi connectivity index (χ0) is 15.8. The van der Waals surface area contributed by atoms with E-state index in [9.17, 15) is 13.2 Å². The summed E-state index contributed by atoms with van der Waals surface area (Å²) in [5, 5.41) is 5.20. The predicted octanol–water partition coefficient (Wildman–Crippen LogP) is 1.40. The topological polar surface area (TPSA) is 89.7 Å². The lowest BCUT2D eigenvalue weighted by Gasteiger charge is -2.18. The molecule has 6 nitrogen and oxygen atoms in total. The molecule has 1 aromatic rings. The molecule has 2 N–H and O–H groups in total. The molecule has 0 unspecified atom stereocenters. The van der Waals surface area contributed by atoms with Gasteiger partial charge in [0.2, 0.25) is 10.0 Å². The first-order valence-corrected chi connectivity index (χ1v) is 8.75. The third-order valence-electron chi connectivity index (χ3n) is 3.34. The minimum Gasteiger partial charge on any atom is -0.482 e. The SMILES string of the molecule is Cc1cc(Br)cc(S(N)(=O)=O)c1OCC(=O)N(C)C1CC1. The molecule has 0 heterocycles. The highest BCUT2D eigenvalue weighted by atomic mass is 79.9. The molecule has 1 saturated carbocycles. The largest absolute Gasteiger partial charge is 0.482 e. The molecule has 0 saturated heterocycles. The van der Waals surface area contributed by atoms with E-state index in [1.54, 1.807) is 24.9 Å². The van der Waals surface area contributed by atoms with Crippen molar-refractivity contribution in [3.63, 3.8) is 0 Å².